The van der Waals surface area contributed by atoms with Crippen LogP contribution in [0.25, 0.3) is 0 Å². The molecule has 0 aromatic heterocycles. The number of hydrogen-bond donors (Lipinski definition) is 1. The molecule has 5 nitrogen and oxygen atoms in total. The molecule has 24 heavy (non-hydrogen) atoms. The third-order valence-corrected chi connectivity index (χ3v) is 4.29. The highest BCUT2D eigenvalue weighted by molar-refractivity contribution is 5.80. The second-order valence-electron chi connectivity index (χ2n) is 6.14. The summed E-state index contributed by atoms with van der Waals surface area (Å²) >= 11 is 0. The predicted molar refractivity (Wildman–Crippen MR) is 96.3 cm³/mol. The number of amides is 1. The standard InChI is InChI=1S/C19H30N2O3/c1-3-23-13-14-24-16(2)19(22)20-15-17-7-9-18(10-8-17)21-11-5-4-6-12-21/h7-10,16H,3-6,11-15H2,1-2H3,(H,20,22)/t16-/m0/s1. The van der Waals surface area contributed by atoms with E-state index in [2.05, 4.69) is 34.5 Å². The Morgan fingerprint density at radius 3 is 2.54 bits per heavy atom. The van der Waals surface area contributed by atoms with Gasteiger partial charge in [-0.3, -0.25) is 4.79 Å². The van der Waals surface area contributed by atoms with Crippen LogP contribution in [-0.2, 0) is 20.8 Å². The van der Waals surface area contributed by atoms with Crippen LogP contribution in [0, 0.1) is 0 Å². The van der Waals surface area contributed by atoms with Gasteiger partial charge in [0.1, 0.15) is 6.10 Å². The van der Waals surface area contributed by atoms with Gasteiger partial charge in [-0.2, -0.15) is 0 Å². The molecule has 1 fully saturated rings. The number of hydrogen-bond acceptors (Lipinski definition) is 4. The molecule has 1 heterocycles. The summed E-state index contributed by atoms with van der Waals surface area (Å²) in [6, 6.07) is 8.47. The summed E-state index contributed by atoms with van der Waals surface area (Å²) in [4.78, 5) is 14.4. The maximum atomic E-state index is 12.0. The van der Waals surface area contributed by atoms with Crippen LogP contribution in [0.15, 0.2) is 24.3 Å². The fourth-order valence-corrected chi connectivity index (χ4v) is 2.81. The van der Waals surface area contributed by atoms with Crippen LogP contribution in [0.1, 0.15) is 38.7 Å². The van der Waals surface area contributed by atoms with E-state index >= 15 is 0 Å². The minimum Gasteiger partial charge on any atom is -0.379 e. The Hall–Kier alpha value is -1.59. The van der Waals surface area contributed by atoms with Gasteiger partial charge in [-0.1, -0.05) is 12.1 Å². The summed E-state index contributed by atoms with van der Waals surface area (Å²) in [5, 5.41) is 2.92. The molecule has 1 aliphatic heterocycles. The molecule has 1 N–H and O–H groups in total. The van der Waals surface area contributed by atoms with Gasteiger partial charge in [0.2, 0.25) is 5.91 Å². The van der Waals surface area contributed by atoms with Crippen molar-refractivity contribution in [3.63, 3.8) is 0 Å². The number of nitrogens with zero attached hydrogens (tertiary/aromatic N) is 1. The normalized spacial score (nSPS) is 16.0. The smallest absolute Gasteiger partial charge is 0.249 e. The maximum Gasteiger partial charge on any atom is 0.249 e. The molecule has 2 rings (SSSR count). The first kappa shape index (κ1) is 18.7. The van der Waals surface area contributed by atoms with E-state index in [1.54, 1.807) is 6.92 Å². The van der Waals surface area contributed by atoms with E-state index in [0.29, 0.717) is 26.4 Å². The molecule has 1 aliphatic rings. The van der Waals surface area contributed by atoms with Crippen LogP contribution in [0.3, 0.4) is 0 Å². The van der Waals surface area contributed by atoms with E-state index in [1.807, 2.05) is 6.92 Å². The van der Waals surface area contributed by atoms with Crippen molar-refractivity contribution in [2.75, 3.05) is 37.8 Å². The lowest BCUT2D eigenvalue weighted by molar-refractivity contribution is -0.132. The quantitative estimate of drug-likeness (QED) is 0.706. The van der Waals surface area contributed by atoms with Crippen LogP contribution in [-0.4, -0.2) is 44.9 Å². The molecule has 0 saturated carbocycles. The molecule has 1 aromatic carbocycles. The van der Waals surface area contributed by atoms with E-state index in [4.69, 9.17) is 9.47 Å². The van der Waals surface area contributed by atoms with Crippen LogP contribution in [0.2, 0.25) is 0 Å². The average Bonchev–Trinajstić information content (AvgIpc) is 2.64. The van der Waals surface area contributed by atoms with Crippen LogP contribution in [0.4, 0.5) is 5.69 Å². The summed E-state index contributed by atoms with van der Waals surface area (Å²) in [7, 11) is 0. The number of ether oxygens (including phenoxy) is 2. The van der Waals surface area contributed by atoms with Gasteiger partial charge in [0.15, 0.2) is 0 Å². The molecule has 1 atom stereocenters. The molecular weight excluding hydrogens is 304 g/mol. The van der Waals surface area contributed by atoms with Crippen molar-refractivity contribution in [2.45, 2.75) is 45.8 Å². The van der Waals surface area contributed by atoms with Crippen LogP contribution < -0.4 is 10.2 Å². The largest absolute Gasteiger partial charge is 0.379 e. The molecule has 5 heteroatoms. The minimum atomic E-state index is -0.460. The predicted octanol–water partition coefficient (Wildman–Crippen LogP) is 2.73. The van der Waals surface area contributed by atoms with Crippen molar-refractivity contribution in [1.82, 2.24) is 5.32 Å². The lowest BCUT2D eigenvalue weighted by Gasteiger charge is -2.28. The first-order valence-corrected chi connectivity index (χ1v) is 9.01. The van der Waals surface area contributed by atoms with Gasteiger partial charge in [0.25, 0.3) is 0 Å². The van der Waals surface area contributed by atoms with Crippen molar-refractivity contribution in [3.05, 3.63) is 29.8 Å². The Bertz CT molecular complexity index is 484. The summed E-state index contributed by atoms with van der Waals surface area (Å²) in [5.74, 6) is -0.0911. The van der Waals surface area contributed by atoms with Gasteiger partial charge in [-0.05, 0) is 50.8 Å². The van der Waals surface area contributed by atoms with Gasteiger partial charge in [-0.15, -0.1) is 0 Å². The number of nitrogens with one attached hydrogen (secondary N) is 1. The fraction of sp³-hybridized carbons (Fsp3) is 0.632. The van der Waals surface area contributed by atoms with E-state index in [0.717, 1.165) is 18.7 Å². The Balaban J connectivity index is 1.72. The summed E-state index contributed by atoms with van der Waals surface area (Å²) in [6.45, 7) is 8.14. The van der Waals surface area contributed by atoms with Crippen molar-refractivity contribution in [1.29, 1.82) is 0 Å². The van der Waals surface area contributed by atoms with Crippen molar-refractivity contribution in [3.8, 4) is 0 Å². The minimum absolute atomic E-state index is 0.0911. The van der Waals surface area contributed by atoms with Gasteiger partial charge < -0.3 is 19.7 Å². The van der Waals surface area contributed by atoms with Gasteiger partial charge in [0.05, 0.1) is 13.2 Å². The molecule has 1 amide bonds. The number of benzene rings is 1. The molecule has 0 aliphatic carbocycles. The Morgan fingerprint density at radius 2 is 1.88 bits per heavy atom. The maximum absolute atomic E-state index is 12.0. The molecule has 0 spiro atoms. The van der Waals surface area contributed by atoms with Crippen molar-refractivity contribution in [2.24, 2.45) is 0 Å². The highest BCUT2D eigenvalue weighted by Crippen LogP contribution is 2.20. The molecular formula is C19H30N2O3. The first-order valence-electron chi connectivity index (χ1n) is 9.01. The lowest BCUT2D eigenvalue weighted by Crippen LogP contribution is -2.34. The zero-order valence-electron chi connectivity index (χ0n) is 14.9. The number of carbonyl (C=O) groups is 1. The van der Waals surface area contributed by atoms with E-state index < -0.39 is 6.10 Å². The molecule has 1 aromatic rings. The monoisotopic (exact) mass is 334 g/mol. The van der Waals surface area contributed by atoms with Gasteiger partial charge in [0, 0.05) is 31.9 Å². The van der Waals surface area contributed by atoms with E-state index in [1.165, 1.54) is 24.9 Å². The number of rotatable bonds is 9. The number of piperidine rings is 1. The lowest BCUT2D eigenvalue weighted by atomic mass is 10.1. The number of anilines is 1. The molecule has 1 saturated heterocycles. The van der Waals surface area contributed by atoms with Crippen molar-refractivity contribution < 1.29 is 14.3 Å². The van der Waals surface area contributed by atoms with Crippen LogP contribution in [0.5, 0.6) is 0 Å². The van der Waals surface area contributed by atoms with Crippen LogP contribution >= 0.6 is 0 Å². The van der Waals surface area contributed by atoms with E-state index in [-0.39, 0.29) is 5.91 Å². The van der Waals surface area contributed by atoms with Gasteiger partial charge in [-0.25, -0.2) is 0 Å². The van der Waals surface area contributed by atoms with Crippen molar-refractivity contribution >= 4 is 11.6 Å². The average molecular weight is 334 g/mol. The fourth-order valence-electron chi connectivity index (χ4n) is 2.81. The van der Waals surface area contributed by atoms with Gasteiger partial charge >= 0.3 is 0 Å². The highest BCUT2D eigenvalue weighted by atomic mass is 16.5. The Kier molecular flexibility index (Phi) is 8.05. The highest BCUT2D eigenvalue weighted by Gasteiger charge is 2.13. The van der Waals surface area contributed by atoms with E-state index in [9.17, 15) is 4.79 Å². The zero-order valence-corrected chi connectivity index (χ0v) is 14.9. The molecule has 0 unspecified atom stereocenters. The molecule has 0 bridgehead atoms. The second kappa shape index (κ2) is 10.3. The third-order valence-electron chi connectivity index (χ3n) is 4.29. The Labute approximate surface area is 145 Å². The number of carbonyl (C=O) groups excluding carboxylic acids is 1. The third kappa shape index (κ3) is 6.13. The first-order chi connectivity index (χ1) is 11.7. The second-order valence-corrected chi connectivity index (χ2v) is 6.14. The summed E-state index contributed by atoms with van der Waals surface area (Å²) < 4.78 is 10.6. The Morgan fingerprint density at radius 1 is 1.17 bits per heavy atom. The molecule has 0 radical (unpaired) electrons. The molecule has 134 valence electrons. The topological polar surface area (TPSA) is 50.8 Å². The summed E-state index contributed by atoms with van der Waals surface area (Å²) in [6.07, 6.45) is 3.43. The zero-order chi connectivity index (χ0) is 17.2. The summed E-state index contributed by atoms with van der Waals surface area (Å²) in [5.41, 5.74) is 2.38. The SMILES string of the molecule is CCOCCO[C@@H](C)C(=O)NCc1ccc(N2CCCCC2)cc1.